The van der Waals surface area contributed by atoms with E-state index in [1.807, 2.05) is 24.9 Å². The predicted octanol–water partition coefficient (Wildman–Crippen LogP) is 0.779. The molecule has 0 spiro atoms. The molecule has 0 saturated carbocycles. The standard InChI is InChI=1S/C11H20N4O2S/c1-4-15(3)10-6-7-12-11(14-10)13-8-9-18(16,17)5-2/h6-7H,4-5,8-9H2,1-3H3,(H,12,13,14). The lowest BCUT2D eigenvalue weighted by Gasteiger charge is -2.15. The molecule has 0 aliphatic rings. The van der Waals surface area contributed by atoms with Crippen LogP contribution in [0.3, 0.4) is 0 Å². The summed E-state index contributed by atoms with van der Waals surface area (Å²) in [5.41, 5.74) is 0. The van der Waals surface area contributed by atoms with Gasteiger partial charge in [0.15, 0.2) is 9.84 Å². The van der Waals surface area contributed by atoms with Gasteiger partial charge in [-0.25, -0.2) is 13.4 Å². The minimum absolute atomic E-state index is 0.0979. The van der Waals surface area contributed by atoms with Gasteiger partial charge < -0.3 is 10.2 Å². The van der Waals surface area contributed by atoms with E-state index in [2.05, 4.69) is 15.3 Å². The first-order chi connectivity index (χ1) is 8.48. The van der Waals surface area contributed by atoms with Gasteiger partial charge in [0, 0.05) is 32.1 Å². The molecule has 0 bridgehead atoms. The third-order valence-electron chi connectivity index (χ3n) is 2.64. The molecule has 102 valence electrons. The number of sulfone groups is 1. The average Bonchev–Trinajstić information content (AvgIpc) is 2.38. The minimum atomic E-state index is -2.95. The number of hydrogen-bond acceptors (Lipinski definition) is 6. The van der Waals surface area contributed by atoms with Crippen LogP contribution in [0.4, 0.5) is 11.8 Å². The number of rotatable bonds is 7. The van der Waals surface area contributed by atoms with Crippen LogP contribution in [0.2, 0.25) is 0 Å². The van der Waals surface area contributed by atoms with Crippen molar-refractivity contribution in [2.45, 2.75) is 13.8 Å². The van der Waals surface area contributed by atoms with E-state index in [4.69, 9.17) is 0 Å². The van der Waals surface area contributed by atoms with Gasteiger partial charge >= 0.3 is 0 Å². The van der Waals surface area contributed by atoms with Gasteiger partial charge in [0.1, 0.15) is 5.82 Å². The summed E-state index contributed by atoms with van der Waals surface area (Å²) in [5.74, 6) is 1.53. The molecule has 1 heterocycles. The normalized spacial score (nSPS) is 11.3. The van der Waals surface area contributed by atoms with Crippen molar-refractivity contribution in [3.63, 3.8) is 0 Å². The Balaban J connectivity index is 2.58. The fraction of sp³-hybridized carbons (Fsp3) is 0.636. The molecule has 0 amide bonds. The van der Waals surface area contributed by atoms with Crippen molar-refractivity contribution in [3.8, 4) is 0 Å². The molecule has 1 aromatic rings. The predicted molar refractivity (Wildman–Crippen MR) is 73.8 cm³/mol. The van der Waals surface area contributed by atoms with Crippen molar-refractivity contribution in [1.82, 2.24) is 9.97 Å². The van der Waals surface area contributed by atoms with E-state index in [0.29, 0.717) is 12.5 Å². The minimum Gasteiger partial charge on any atom is -0.360 e. The first-order valence-corrected chi connectivity index (χ1v) is 7.79. The Labute approximate surface area is 108 Å². The second kappa shape index (κ2) is 6.53. The fourth-order valence-electron chi connectivity index (χ4n) is 1.27. The Kier molecular flexibility index (Phi) is 5.33. The molecular formula is C11H20N4O2S. The van der Waals surface area contributed by atoms with E-state index >= 15 is 0 Å². The maximum atomic E-state index is 11.3. The number of nitrogens with zero attached hydrogens (tertiary/aromatic N) is 3. The molecule has 6 nitrogen and oxygen atoms in total. The van der Waals surface area contributed by atoms with Gasteiger partial charge in [-0.2, -0.15) is 4.98 Å². The molecule has 1 N–H and O–H groups in total. The highest BCUT2D eigenvalue weighted by molar-refractivity contribution is 7.91. The van der Waals surface area contributed by atoms with Gasteiger partial charge in [0.05, 0.1) is 5.75 Å². The molecule has 0 atom stereocenters. The van der Waals surface area contributed by atoms with E-state index in [9.17, 15) is 8.42 Å². The van der Waals surface area contributed by atoms with Crippen LogP contribution in [-0.2, 0) is 9.84 Å². The van der Waals surface area contributed by atoms with E-state index in [-0.39, 0.29) is 11.5 Å². The largest absolute Gasteiger partial charge is 0.360 e. The van der Waals surface area contributed by atoms with Gasteiger partial charge in [-0.05, 0) is 13.0 Å². The van der Waals surface area contributed by atoms with E-state index < -0.39 is 9.84 Å². The molecule has 7 heteroatoms. The molecule has 0 fully saturated rings. The van der Waals surface area contributed by atoms with Crippen molar-refractivity contribution in [2.24, 2.45) is 0 Å². The third kappa shape index (κ3) is 4.48. The van der Waals surface area contributed by atoms with Gasteiger partial charge in [-0.15, -0.1) is 0 Å². The summed E-state index contributed by atoms with van der Waals surface area (Å²) in [6.07, 6.45) is 1.66. The summed E-state index contributed by atoms with van der Waals surface area (Å²) in [6.45, 7) is 4.85. The zero-order chi connectivity index (χ0) is 13.6. The van der Waals surface area contributed by atoms with Crippen LogP contribution in [0.5, 0.6) is 0 Å². The molecule has 0 aliphatic carbocycles. The zero-order valence-electron chi connectivity index (χ0n) is 11.0. The summed E-state index contributed by atoms with van der Waals surface area (Å²) in [5, 5.41) is 2.93. The lowest BCUT2D eigenvalue weighted by molar-refractivity contribution is 0.597. The molecule has 1 aromatic heterocycles. The number of aromatic nitrogens is 2. The van der Waals surface area contributed by atoms with Gasteiger partial charge in [-0.3, -0.25) is 0 Å². The van der Waals surface area contributed by atoms with Crippen molar-refractivity contribution in [1.29, 1.82) is 0 Å². The second-order valence-corrected chi connectivity index (χ2v) is 6.39. The van der Waals surface area contributed by atoms with Crippen LogP contribution < -0.4 is 10.2 Å². The van der Waals surface area contributed by atoms with Crippen LogP contribution in [0.1, 0.15) is 13.8 Å². The maximum absolute atomic E-state index is 11.3. The van der Waals surface area contributed by atoms with Crippen LogP contribution >= 0.6 is 0 Å². The summed E-state index contributed by atoms with van der Waals surface area (Å²) in [4.78, 5) is 10.3. The Hall–Kier alpha value is -1.37. The van der Waals surface area contributed by atoms with Crippen LogP contribution in [0.25, 0.3) is 0 Å². The zero-order valence-corrected chi connectivity index (χ0v) is 11.9. The molecule has 0 unspecified atom stereocenters. The number of nitrogens with one attached hydrogen (secondary N) is 1. The fourth-order valence-corrected chi connectivity index (χ4v) is 1.97. The smallest absolute Gasteiger partial charge is 0.224 e. The molecule has 0 aliphatic heterocycles. The molecule has 0 aromatic carbocycles. The van der Waals surface area contributed by atoms with Crippen molar-refractivity contribution < 1.29 is 8.42 Å². The summed E-state index contributed by atoms with van der Waals surface area (Å²) in [7, 11) is -1.01. The summed E-state index contributed by atoms with van der Waals surface area (Å²) >= 11 is 0. The van der Waals surface area contributed by atoms with E-state index in [1.54, 1.807) is 13.1 Å². The summed E-state index contributed by atoms with van der Waals surface area (Å²) < 4.78 is 22.6. The Morgan fingerprint density at radius 1 is 1.39 bits per heavy atom. The average molecular weight is 272 g/mol. The third-order valence-corrected chi connectivity index (χ3v) is 4.35. The van der Waals surface area contributed by atoms with Gasteiger partial charge in [0.25, 0.3) is 0 Å². The summed E-state index contributed by atoms with van der Waals surface area (Å²) in [6, 6.07) is 1.82. The van der Waals surface area contributed by atoms with Crippen molar-refractivity contribution in [3.05, 3.63) is 12.3 Å². The second-order valence-electron chi connectivity index (χ2n) is 3.92. The lowest BCUT2D eigenvalue weighted by atomic mass is 10.5. The number of anilines is 2. The topological polar surface area (TPSA) is 75.2 Å². The SMILES string of the molecule is CCN(C)c1ccnc(NCCS(=O)(=O)CC)n1. The quantitative estimate of drug-likeness (QED) is 0.790. The van der Waals surface area contributed by atoms with Crippen molar-refractivity contribution >= 4 is 21.6 Å². The Morgan fingerprint density at radius 2 is 2.11 bits per heavy atom. The highest BCUT2D eigenvalue weighted by atomic mass is 32.2. The molecule has 0 radical (unpaired) electrons. The monoisotopic (exact) mass is 272 g/mol. The van der Waals surface area contributed by atoms with Crippen molar-refractivity contribution in [2.75, 3.05) is 41.9 Å². The highest BCUT2D eigenvalue weighted by Crippen LogP contribution is 2.09. The number of hydrogen-bond donors (Lipinski definition) is 1. The van der Waals surface area contributed by atoms with Gasteiger partial charge in [-0.1, -0.05) is 6.92 Å². The van der Waals surface area contributed by atoms with Gasteiger partial charge in [0.2, 0.25) is 5.95 Å². The van der Waals surface area contributed by atoms with Crippen LogP contribution in [0, 0.1) is 0 Å². The molecule has 1 rings (SSSR count). The van der Waals surface area contributed by atoms with Crippen LogP contribution in [-0.4, -0.2) is 50.0 Å². The Bertz CT molecular complexity index is 476. The molecular weight excluding hydrogens is 252 g/mol. The first kappa shape index (κ1) is 14.7. The van der Waals surface area contributed by atoms with E-state index in [0.717, 1.165) is 12.4 Å². The van der Waals surface area contributed by atoms with Crippen LogP contribution in [0.15, 0.2) is 12.3 Å². The highest BCUT2D eigenvalue weighted by Gasteiger charge is 2.07. The molecule has 0 saturated heterocycles. The maximum Gasteiger partial charge on any atom is 0.224 e. The Morgan fingerprint density at radius 3 is 2.72 bits per heavy atom. The van der Waals surface area contributed by atoms with E-state index in [1.165, 1.54) is 0 Å². The lowest BCUT2D eigenvalue weighted by Crippen LogP contribution is -2.20. The first-order valence-electron chi connectivity index (χ1n) is 5.97. The molecule has 18 heavy (non-hydrogen) atoms.